The molecule has 9 heteroatoms. The quantitative estimate of drug-likeness (QED) is 0.326. The zero-order valence-electron chi connectivity index (χ0n) is 16.5. The summed E-state index contributed by atoms with van der Waals surface area (Å²) in [6.07, 6.45) is 0. The number of carbonyl (C=O) groups is 1. The second-order valence-corrected chi connectivity index (χ2v) is 7.56. The van der Waals surface area contributed by atoms with Gasteiger partial charge >= 0.3 is 0 Å². The number of nitro benzene ring substituents is 1. The van der Waals surface area contributed by atoms with E-state index in [9.17, 15) is 14.9 Å². The van der Waals surface area contributed by atoms with E-state index in [2.05, 4.69) is 10.6 Å². The minimum Gasteiger partial charge on any atom is -0.483 e. The van der Waals surface area contributed by atoms with Crippen LogP contribution in [0.5, 0.6) is 5.75 Å². The highest BCUT2D eigenvalue weighted by Crippen LogP contribution is 2.25. The van der Waals surface area contributed by atoms with E-state index in [4.69, 9.17) is 27.9 Å². The van der Waals surface area contributed by atoms with Gasteiger partial charge in [-0.2, -0.15) is 0 Å². The Morgan fingerprint density at radius 2 is 1.87 bits per heavy atom. The molecule has 0 saturated carbocycles. The maximum Gasteiger partial charge on any atom is 0.271 e. The van der Waals surface area contributed by atoms with Gasteiger partial charge in [-0.3, -0.25) is 14.9 Å². The van der Waals surface area contributed by atoms with E-state index in [1.165, 1.54) is 12.1 Å². The first-order chi connectivity index (χ1) is 14.8. The van der Waals surface area contributed by atoms with Gasteiger partial charge in [0.15, 0.2) is 6.61 Å². The molecule has 0 heterocycles. The van der Waals surface area contributed by atoms with Crippen LogP contribution in [0, 0.1) is 17.0 Å². The predicted molar refractivity (Wildman–Crippen MR) is 122 cm³/mol. The minimum atomic E-state index is -0.459. The molecule has 0 unspecified atom stereocenters. The van der Waals surface area contributed by atoms with Crippen LogP contribution >= 0.6 is 23.2 Å². The Morgan fingerprint density at radius 3 is 2.61 bits per heavy atom. The van der Waals surface area contributed by atoms with Crippen molar-refractivity contribution in [1.82, 2.24) is 0 Å². The number of rotatable bonds is 8. The first-order valence-corrected chi connectivity index (χ1v) is 10.0. The highest BCUT2D eigenvalue weighted by atomic mass is 35.5. The number of halogens is 2. The van der Waals surface area contributed by atoms with Gasteiger partial charge < -0.3 is 15.4 Å². The fourth-order valence-corrected chi connectivity index (χ4v) is 3.14. The van der Waals surface area contributed by atoms with E-state index in [1.807, 2.05) is 13.0 Å². The van der Waals surface area contributed by atoms with Gasteiger partial charge in [-0.1, -0.05) is 35.3 Å². The molecule has 0 aromatic heterocycles. The molecule has 0 aliphatic rings. The molecule has 0 fully saturated rings. The number of anilines is 2. The van der Waals surface area contributed by atoms with Crippen LogP contribution in [-0.2, 0) is 11.3 Å². The molecule has 0 atom stereocenters. The number of benzene rings is 3. The minimum absolute atomic E-state index is 0.0135. The molecular formula is C22H19Cl2N3O4. The number of hydrogen-bond donors (Lipinski definition) is 2. The van der Waals surface area contributed by atoms with E-state index in [0.717, 1.165) is 5.56 Å². The molecule has 0 aliphatic carbocycles. The zero-order valence-corrected chi connectivity index (χ0v) is 18.0. The third kappa shape index (κ3) is 6.34. The summed E-state index contributed by atoms with van der Waals surface area (Å²) in [4.78, 5) is 22.7. The van der Waals surface area contributed by atoms with Crippen LogP contribution < -0.4 is 15.4 Å². The van der Waals surface area contributed by atoms with Gasteiger partial charge in [-0.25, -0.2) is 0 Å². The smallest absolute Gasteiger partial charge is 0.271 e. The lowest BCUT2D eigenvalue weighted by Gasteiger charge is -2.14. The SMILES string of the molecule is Cc1ccc(NC(=O)COc2ccc(Cl)cc2CNc2cccc([N+](=O)[O-])c2)cc1Cl. The van der Waals surface area contributed by atoms with E-state index in [-0.39, 0.29) is 18.2 Å². The molecule has 7 nitrogen and oxygen atoms in total. The van der Waals surface area contributed by atoms with Crippen LogP contribution in [0.3, 0.4) is 0 Å². The van der Waals surface area contributed by atoms with E-state index in [1.54, 1.807) is 42.5 Å². The van der Waals surface area contributed by atoms with Crippen LogP contribution in [0.15, 0.2) is 60.7 Å². The Morgan fingerprint density at radius 1 is 1.06 bits per heavy atom. The third-order valence-electron chi connectivity index (χ3n) is 4.38. The van der Waals surface area contributed by atoms with E-state index >= 15 is 0 Å². The molecule has 0 radical (unpaired) electrons. The molecule has 1 amide bonds. The third-order valence-corrected chi connectivity index (χ3v) is 5.02. The lowest BCUT2D eigenvalue weighted by atomic mass is 10.2. The maximum absolute atomic E-state index is 12.3. The number of non-ortho nitro benzene ring substituents is 1. The highest BCUT2D eigenvalue weighted by molar-refractivity contribution is 6.31. The molecule has 2 N–H and O–H groups in total. The summed E-state index contributed by atoms with van der Waals surface area (Å²) in [7, 11) is 0. The number of aryl methyl sites for hydroxylation is 1. The number of nitrogens with zero attached hydrogens (tertiary/aromatic N) is 1. The number of nitro groups is 1. The lowest BCUT2D eigenvalue weighted by Crippen LogP contribution is -2.20. The van der Waals surface area contributed by atoms with Gasteiger partial charge in [-0.15, -0.1) is 0 Å². The Balaban J connectivity index is 1.64. The summed E-state index contributed by atoms with van der Waals surface area (Å²) in [5.41, 5.74) is 2.76. The largest absolute Gasteiger partial charge is 0.483 e. The Bertz CT molecular complexity index is 1120. The van der Waals surface area contributed by atoms with Gasteiger partial charge in [0.25, 0.3) is 11.6 Å². The summed E-state index contributed by atoms with van der Waals surface area (Å²) >= 11 is 12.2. The molecule has 0 aliphatic heterocycles. The summed E-state index contributed by atoms with van der Waals surface area (Å²) in [6, 6.07) is 16.4. The van der Waals surface area contributed by atoms with Gasteiger partial charge in [0.2, 0.25) is 0 Å². The monoisotopic (exact) mass is 459 g/mol. The molecule has 160 valence electrons. The van der Waals surface area contributed by atoms with E-state index in [0.29, 0.717) is 39.3 Å². The Kier molecular flexibility index (Phi) is 7.33. The van der Waals surface area contributed by atoms with Crippen LogP contribution in [-0.4, -0.2) is 17.4 Å². The van der Waals surface area contributed by atoms with Crippen molar-refractivity contribution in [2.24, 2.45) is 0 Å². The maximum atomic E-state index is 12.3. The van der Waals surface area contributed by atoms with Gasteiger partial charge in [0, 0.05) is 45.7 Å². The van der Waals surface area contributed by atoms with Crippen molar-refractivity contribution in [1.29, 1.82) is 0 Å². The molecular weight excluding hydrogens is 441 g/mol. The molecule has 3 aromatic rings. The highest BCUT2D eigenvalue weighted by Gasteiger charge is 2.10. The number of carbonyl (C=O) groups excluding carboxylic acids is 1. The number of hydrogen-bond acceptors (Lipinski definition) is 5. The summed E-state index contributed by atoms with van der Waals surface area (Å²) in [6.45, 7) is 1.96. The average molecular weight is 460 g/mol. The standard InChI is InChI=1S/C22H19Cl2N3O4/c1-14-5-7-18(11-20(14)24)26-22(28)13-31-21-8-6-16(23)9-15(21)12-25-17-3-2-4-19(10-17)27(29)30/h2-11,25H,12-13H2,1H3,(H,26,28). The van der Waals surface area contributed by atoms with Crippen molar-refractivity contribution < 1.29 is 14.5 Å². The average Bonchev–Trinajstić information content (AvgIpc) is 2.74. The van der Waals surface area contributed by atoms with Gasteiger partial charge in [-0.05, 0) is 48.9 Å². The fourth-order valence-electron chi connectivity index (χ4n) is 2.76. The zero-order chi connectivity index (χ0) is 22.4. The van der Waals surface area contributed by atoms with Crippen molar-refractivity contribution in [3.8, 4) is 5.75 Å². The van der Waals surface area contributed by atoms with Crippen molar-refractivity contribution >= 4 is 46.2 Å². The second-order valence-electron chi connectivity index (χ2n) is 6.71. The fraction of sp³-hybridized carbons (Fsp3) is 0.136. The first kappa shape index (κ1) is 22.4. The molecule has 3 rings (SSSR count). The van der Waals surface area contributed by atoms with Gasteiger partial charge in [0.05, 0.1) is 4.92 Å². The molecule has 31 heavy (non-hydrogen) atoms. The van der Waals surface area contributed by atoms with Crippen molar-refractivity contribution in [2.45, 2.75) is 13.5 Å². The number of nitrogens with one attached hydrogen (secondary N) is 2. The molecule has 3 aromatic carbocycles. The molecule has 0 bridgehead atoms. The Hall–Kier alpha value is -3.29. The van der Waals surface area contributed by atoms with Crippen LogP contribution in [0.2, 0.25) is 10.0 Å². The summed E-state index contributed by atoms with van der Waals surface area (Å²) in [5.74, 6) is 0.131. The van der Waals surface area contributed by atoms with Crippen LogP contribution in [0.25, 0.3) is 0 Å². The van der Waals surface area contributed by atoms with Crippen molar-refractivity contribution in [3.63, 3.8) is 0 Å². The topological polar surface area (TPSA) is 93.5 Å². The Labute approximate surface area is 189 Å². The van der Waals surface area contributed by atoms with Crippen molar-refractivity contribution in [3.05, 3.63) is 92.0 Å². The first-order valence-electron chi connectivity index (χ1n) is 9.27. The van der Waals surface area contributed by atoms with Gasteiger partial charge in [0.1, 0.15) is 5.75 Å². The number of ether oxygens (including phenoxy) is 1. The number of amides is 1. The molecule has 0 saturated heterocycles. The second kappa shape index (κ2) is 10.1. The summed E-state index contributed by atoms with van der Waals surface area (Å²) < 4.78 is 5.68. The normalized spacial score (nSPS) is 10.4. The molecule has 0 spiro atoms. The van der Waals surface area contributed by atoms with Crippen molar-refractivity contribution in [2.75, 3.05) is 17.2 Å². The predicted octanol–water partition coefficient (Wildman–Crippen LogP) is 5.84. The van der Waals surface area contributed by atoms with Crippen LogP contribution in [0.4, 0.5) is 17.1 Å². The van der Waals surface area contributed by atoms with Crippen LogP contribution in [0.1, 0.15) is 11.1 Å². The summed E-state index contributed by atoms with van der Waals surface area (Å²) in [5, 5.41) is 17.8. The van der Waals surface area contributed by atoms with E-state index < -0.39 is 4.92 Å². The lowest BCUT2D eigenvalue weighted by molar-refractivity contribution is -0.384.